The van der Waals surface area contributed by atoms with E-state index in [9.17, 15) is 28.8 Å². The maximum atomic E-state index is 12.7. The predicted molar refractivity (Wildman–Crippen MR) is 343 cm³/mol. The van der Waals surface area contributed by atoms with Crippen LogP contribution in [-0.2, 0) is 46.2 Å². The van der Waals surface area contributed by atoms with Crippen LogP contribution in [0.2, 0.25) is 0 Å². The topological polar surface area (TPSA) is 181 Å². The molecule has 0 aliphatic heterocycles. The number of ether oxygens (including phenoxy) is 3. The highest BCUT2D eigenvalue weighted by Crippen LogP contribution is 2.37. The number of carbonyl (C=O) groups excluding carboxylic acids is 5. The van der Waals surface area contributed by atoms with E-state index in [1.807, 2.05) is 36.4 Å². The SMILES string of the molecule is C#CCN(C(=O)OCCl)[C@@H]1CCc2ccccc21.C#CCN(C(=O)OCOC(=O)CCCCNC(=O)CCCCCCCCCCCCCCC)[C@@H]1CCc2ccccc21.CCCCCCCCCCCCCCCC(=O)NCCCCC(=O)O. The van der Waals surface area contributed by atoms with Gasteiger partial charge < -0.3 is 30.0 Å². The number of esters is 1. The number of nitrogens with zero attached hydrogens (tertiary/aromatic N) is 2. The van der Waals surface area contributed by atoms with Crippen LogP contribution in [0.4, 0.5) is 9.59 Å². The van der Waals surface area contributed by atoms with Gasteiger partial charge in [-0.3, -0.25) is 29.0 Å². The molecule has 0 unspecified atom stereocenters. The van der Waals surface area contributed by atoms with Crippen LogP contribution in [0.25, 0.3) is 0 Å². The molecule has 0 radical (unpaired) electrons. The van der Waals surface area contributed by atoms with Crippen molar-refractivity contribution in [2.45, 2.75) is 270 Å². The summed E-state index contributed by atoms with van der Waals surface area (Å²) < 4.78 is 15.1. The number of aryl methyl sites for hydroxylation is 2. The predicted octanol–water partition coefficient (Wildman–Crippen LogP) is 16.8. The third-order valence-electron chi connectivity index (χ3n) is 15.8. The average Bonchev–Trinajstić information content (AvgIpc) is 2.75. The lowest BCUT2D eigenvalue weighted by Crippen LogP contribution is -2.35. The Morgan fingerprint density at radius 2 is 0.847 bits per heavy atom. The Balaban J connectivity index is 0.000000483. The largest absolute Gasteiger partial charge is 0.481 e. The highest BCUT2D eigenvalue weighted by atomic mass is 35.5. The molecule has 2 aliphatic rings. The van der Waals surface area contributed by atoms with E-state index >= 15 is 0 Å². The number of rotatable bonds is 45. The van der Waals surface area contributed by atoms with Gasteiger partial charge in [0.25, 0.3) is 0 Å². The number of terminal acetylenes is 2. The van der Waals surface area contributed by atoms with Gasteiger partial charge in [0.05, 0.1) is 25.2 Å². The molecule has 0 saturated carbocycles. The number of aliphatic carboxylic acids is 1. The van der Waals surface area contributed by atoms with Crippen molar-refractivity contribution in [2.24, 2.45) is 0 Å². The van der Waals surface area contributed by atoms with Crippen LogP contribution in [0.3, 0.4) is 0 Å². The van der Waals surface area contributed by atoms with Crippen molar-refractivity contribution in [2.75, 3.05) is 39.0 Å². The Bertz CT molecular complexity index is 2210. The number of carboxylic acid groups (broad SMARTS) is 1. The van der Waals surface area contributed by atoms with E-state index in [0.29, 0.717) is 45.2 Å². The molecule has 4 amide bonds. The van der Waals surface area contributed by atoms with E-state index in [1.165, 1.54) is 157 Å². The summed E-state index contributed by atoms with van der Waals surface area (Å²) in [6, 6.07) is 15.8. The van der Waals surface area contributed by atoms with Crippen LogP contribution in [0.15, 0.2) is 48.5 Å². The number of carbonyl (C=O) groups is 6. The molecule has 476 valence electrons. The summed E-state index contributed by atoms with van der Waals surface area (Å²) in [6.07, 6.45) is 51.3. The fourth-order valence-electron chi connectivity index (χ4n) is 11.0. The Kier molecular flexibility index (Phi) is 45.7. The first kappa shape index (κ1) is 75.4. The summed E-state index contributed by atoms with van der Waals surface area (Å²) >= 11 is 5.43. The van der Waals surface area contributed by atoms with E-state index < -0.39 is 30.9 Å². The molecule has 2 aromatic rings. The maximum Gasteiger partial charge on any atom is 0.413 e. The second kappa shape index (κ2) is 51.5. The summed E-state index contributed by atoms with van der Waals surface area (Å²) in [5, 5.41) is 14.3. The quantitative estimate of drug-likeness (QED) is 0.0190. The van der Waals surface area contributed by atoms with Gasteiger partial charge in [-0.05, 0) is 86.5 Å². The average molecular weight is 1200 g/mol. The smallest absolute Gasteiger partial charge is 0.413 e. The van der Waals surface area contributed by atoms with Crippen molar-refractivity contribution in [3.05, 3.63) is 70.8 Å². The van der Waals surface area contributed by atoms with Gasteiger partial charge in [-0.15, -0.1) is 12.8 Å². The molecule has 0 fully saturated rings. The van der Waals surface area contributed by atoms with E-state index in [2.05, 4.69) is 48.5 Å². The molecule has 85 heavy (non-hydrogen) atoms. The van der Waals surface area contributed by atoms with Crippen LogP contribution >= 0.6 is 11.6 Å². The Hall–Kier alpha value is -5.73. The van der Waals surface area contributed by atoms with Crippen molar-refractivity contribution < 1.29 is 48.1 Å². The monoisotopic (exact) mass is 1200 g/mol. The standard InChI is InChI=1S/C35H54N2O5.C21H41NO3.C14H14ClNO2/c1-3-5-6-7-8-9-10-11-12-13-14-15-16-23-33(38)36-27-20-19-24-34(39)41-29-42-35(40)37(28-4-2)32-26-25-30-21-17-18-22-31(30)32;1-2-3-4-5-6-7-8-9-10-11-12-13-14-17-20(23)22-19-16-15-18-21(24)25;1-2-9-16(14(17)18-10-15)13-8-7-11-5-3-4-6-12(11)13/h2,17-18,21-22,32H,3,5-16,19-20,23-29H2,1H3,(H,36,38);2-19H2,1H3,(H,22,23)(H,24,25);1,3-6,13H,7-10H2/t32-;;13-/m1.1/s1. The third-order valence-corrected chi connectivity index (χ3v) is 15.9. The van der Waals surface area contributed by atoms with E-state index in [0.717, 1.165) is 68.9 Å². The number of nitrogens with one attached hydrogen (secondary N) is 2. The molecular formula is C70H109ClN4O10. The first-order valence-electron chi connectivity index (χ1n) is 32.9. The minimum absolute atomic E-state index is 0.00651. The summed E-state index contributed by atoms with van der Waals surface area (Å²) in [7, 11) is 0. The minimum atomic E-state index is -0.765. The number of benzene rings is 2. The van der Waals surface area contributed by atoms with Crippen molar-refractivity contribution in [3.63, 3.8) is 0 Å². The number of carboxylic acids is 1. The van der Waals surface area contributed by atoms with Crippen LogP contribution in [0.1, 0.15) is 279 Å². The summed E-state index contributed by atoms with van der Waals surface area (Å²) in [5.74, 6) is 4.01. The molecular weight excluding hydrogens is 1090 g/mol. The first-order valence-corrected chi connectivity index (χ1v) is 33.4. The van der Waals surface area contributed by atoms with E-state index in [-0.39, 0.29) is 55.9 Å². The Morgan fingerprint density at radius 3 is 1.22 bits per heavy atom. The molecule has 0 heterocycles. The molecule has 2 aromatic carbocycles. The number of alkyl halides is 1. The molecule has 0 spiro atoms. The highest BCUT2D eigenvalue weighted by Gasteiger charge is 2.32. The number of hydrogen-bond acceptors (Lipinski definition) is 9. The van der Waals surface area contributed by atoms with E-state index in [4.69, 9.17) is 43.8 Å². The zero-order valence-electron chi connectivity index (χ0n) is 52.4. The molecule has 4 rings (SSSR count). The van der Waals surface area contributed by atoms with Crippen molar-refractivity contribution in [1.82, 2.24) is 20.4 Å². The fourth-order valence-corrected chi connectivity index (χ4v) is 11.1. The zero-order chi connectivity index (χ0) is 61.8. The number of fused-ring (bicyclic) bond motifs is 2. The number of hydrogen-bond donors (Lipinski definition) is 3. The number of unbranched alkanes of at least 4 members (excludes halogenated alkanes) is 26. The van der Waals surface area contributed by atoms with Crippen LogP contribution < -0.4 is 10.6 Å². The Morgan fingerprint density at radius 1 is 0.494 bits per heavy atom. The number of halogens is 1. The molecule has 0 saturated heterocycles. The molecule has 2 aliphatic carbocycles. The normalized spacial score (nSPS) is 13.5. The second-order valence-corrected chi connectivity index (χ2v) is 22.9. The van der Waals surface area contributed by atoms with Crippen LogP contribution in [0.5, 0.6) is 0 Å². The summed E-state index contributed by atoms with van der Waals surface area (Å²) in [4.78, 5) is 73.6. The fraction of sp³-hybridized carbons (Fsp3) is 0.686. The van der Waals surface area contributed by atoms with E-state index in [1.54, 1.807) is 4.90 Å². The van der Waals surface area contributed by atoms with Gasteiger partial charge in [0.2, 0.25) is 18.6 Å². The second-order valence-electron chi connectivity index (χ2n) is 22.7. The molecule has 3 N–H and O–H groups in total. The first-order chi connectivity index (χ1) is 41.5. The zero-order valence-corrected chi connectivity index (χ0v) is 53.2. The lowest BCUT2D eigenvalue weighted by Gasteiger charge is -2.27. The van der Waals surface area contributed by atoms with Gasteiger partial charge in [0.1, 0.15) is 0 Å². The van der Waals surface area contributed by atoms with Gasteiger partial charge >= 0.3 is 24.1 Å². The lowest BCUT2D eigenvalue weighted by atomic mass is 10.0. The van der Waals surface area contributed by atoms with Crippen molar-refractivity contribution in [1.29, 1.82) is 0 Å². The third kappa shape index (κ3) is 36.8. The van der Waals surface area contributed by atoms with Crippen LogP contribution in [0, 0.1) is 24.7 Å². The summed E-state index contributed by atoms with van der Waals surface area (Å²) in [6.45, 7) is 5.58. The molecule has 15 heteroatoms. The van der Waals surface area contributed by atoms with Gasteiger partial charge in [-0.1, -0.05) is 240 Å². The molecule has 0 bridgehead atoms. The maximum absolute atomic E-state index is 12.7. The van der Waals surface area contributed by atoms with Gasteiger partial charge in [0.15, 0.2) is 6.07 Å². The lowest BCUT2D eigenvalue weighted by molar-refractivity contribution is -0.152. The number of amides is 4. The molecule has 14 nitrogen and oxygen atoms in total. The van der Waals surface area contributed by atoms with Gasteiger partial charge in [-0.2, -0.15) is 0 Å². The summed E-state index contributed by atoms with van der Waals surface area (Å²) in [5.41, 5.74) is 4.71. The molecule has 0 aromatic heterocycles. The molecule has 2 atom stereocenters. The Labute approximate surface area is 518 Å². The highest BCUT2D eigenvalue weighted by molar-refractivity contribution is 6.17. The van der Waals surface area contributed by atoms with Crippen molar-refractivity contribution >= 4 is 47.5 Å². The van der Waals surface area contributed by atoms with Crippen molar-refractivity contribution in [3.8, 4) is 24.7 Å². The van der Waals surface area contributed by atoms with Gasteiger partial charge in [0, 0.05) is 38.8 Å². The van der Waals surface area contributed by atoms with Crippen LogP contribution in [-0.4, -0.2) is 89.9 Å². The minimum Gasteiger partial charge on any atom is -0.481 e. The van der Waals surface area contributed by atoms with Gasteiger partial charge in [-0.25, -0.2) is 9.59 Å².